The number of carbonyl (C=O) groups excluding carboxylic acids is 1. The molecule has 6 N–H and O–H groups in total. The second-order valence-corrected chi connectivity index (χ2v) is 6.94. The fourth-order valence-electron chi connectivity index (χ4n) is 3.18. The molecule has 166 valence electrons. The molecule has 0 atom stereocenters. The maximum Gasteiger partial charge on any atom is 0.342 e. The molecule has 1 aromatic rings. The van der Waals surface area contributed by atoms with Gasteiger partial charge in [0.25, 0.3) is 0 Å². The van der Waals surface area contributed by atoms with E-state index in [9.17, 15) is 4.79 Å². The zero-order valence-electron chi connectivity index (χ0n) is 18.1. The Labute approximate surface area is 182 Å². The number of aromatic nitrogens is 1. The van der Waals surface area contributed by atoms with E-state index in [1.54, 1.807) is 18.4 Å². The number of hydrogen-bond acceptors (Lipinski definition) is 7. The molecule has 2 heterocycles. The molecular weight excluding hydrogens is 394 g/mol. The average molecular weight is 426 g/mol. The molecule has 0 aromatic carbocycles. The predicted octanol–water partition coefficient (Wildman–Crippen LogP) is 1.35. The van der Waals surface area contributed by atoms with Crippen molar-refractivity contribution in [1.82, 2.24) is 15.2 Å². The summed E-state index contributed by atoms with van der Waals surface area (Å²) >= 11 is 0. The lowest BCUT2D eigenvalue weighted by Gasteiger charge is -2.36. The Hall–Kier alpha value is -3.53. The highest BCUT2D eigenvalue weighted by Gasteiger charge is 2.19. The maximum absolute atomic E-state index is 11.5. The fraction of sp³-hybridized carbons (Fsp3) is 0.381. The summed E-state index contributed by atoms with van der Waals surface area (Å²) in [5.74, 6) is 0.736. The number of anilines is 1. The van der Waals surface area contributed by atoms with Crippen molar-refractivity contribution in [2.24, 2.45) is 21.5 Å². The van der Waals surface area contributed by atoms with Gasteiger partial charge in [0, 0.05) is 51.7 Å². The van der Waals surface area contributed by atoms with Crippen LogP contribution in [0.15, 0.2) is 46.0 Å². The number of pyridine rings is 1. The van der Waals surface area contributed by atoms with E-state index in [4.69, 9.17) is 16.9 Å². The number of amides is 2. The van der Waals surface area contributed by atoms with Crippen LogP contribution in [0.3, 0.4) is 0 Å². The van der Waals surface area contributed by atoms with Gasteiger partial charge in [0.2, 0.25) is 0 Å². The van der Waals surface area contributed by atoms with Gasteiger partial charge in [0.1, 0.15) is 5.84 Å². The minimum atomic E-state index is -0.481. The average Bonchev–Trinajstić information content (AvgIpc) is 2.74. The predicted molar refractivity (Wildman–Crippen MR) is 127 cm³/mol. The van der Waals surface area contributed by atoms with Crippen molar-refractivity contribution < 1.29 is 4.79 Å². The van der Waals surface area contributed by atoms with Gasteiger partial charge in [-0.1, -0.05) is 0 Å². The Bertz CT molecular complexity index is 881. The second kappa shape index (κ2) is 12.2. The standard InChI is InChI=1S/C21H31N9O/c1-3-25-21(31)28-19(24)13-17(14-23)15-29-9-11-30(12-10-29)18-5-6-20(27-16(18)2)26-8-4-7-22/h4-8,13-14,23H,3,9-12,15,22H2,1-2H3,(H3,24,25,28,31)/b7-4-,17-13+,23-14?,26-8?. The third kappa shape index (κ3) is 7.67. The zero-order valence-corrected chi connectivity index (χ0v) is 18.1. The number of nitrogens with two attached hydrogens (primary N) is 2. The molecule has 0 unspecified atom stereocenters. The number of nitrogens with zero attached hydrogens (tertiary/aromatic N) is 5. The molecule has 1 aliphatic heterocycles. The van der Waals surface area contributed by atoms with Gasteiger partial charge in [-0.05, 0) is 49.9 Å². The number of carbonyl (C=O) groups is 1. The molecule has 0 saturated carbocycles. The van der Waals surface area contributed by atoms with E-state index in [1.807, 2.05) is 26.0 Å². The summed E-state index contributed by atoms with van der Waals surface area (Å²) in [7, 11) is 0. The van der Waals surface area contributed by atoms with Gasteiger partial charge in [0.05, 0.1) is 11.4 Å². The number of amidine groups is 1. The molecule has 1 fully saturated rings. The first-order valence-corrected chi connectivity index (χ1v) is 10.2. The summed E-state index contributed by atoms with van der Waals surface area (Å²) in [5, 5.41) is 10.2. The Morgan fingerprint density at radius 3 is 2.68 bits per heavy atom. The van der Waals surface area contributed by atoms with Crippen molar-refractivity contribution in [3.63, 3.8) is 0 Å². The molecule has 2 amide bonds. The number of nitrogens with one attached hydrogen (secondary N) is 2. The van der Waals surface area contributed by atoms with Crippen LogP contribution in [0.4, 0.5) is 16.3 Å². The van der Waals surface area contributed by atoms with Crippen LogP contribution in [-0.4, -0.2) is 73.4 Å². The molecule has 0 spiro atoms. The molecule has 1 aliphatic rings. The van der Waals surface area contributed by atoms with Crippen LogP contribution in [0, 0.1) is 12.3 Å². The van der Waals surface area contributed by atoms with Gasteiger partial charge < -0.3 is 27.1 Å². The summed E-state index contributed by atoms with van der Waals surface area (Å²) in [5.41, 5.74) is 13.8. The molecule has 1 saturated heterocycles. The maximum atomic E-state index is 11.5. The van der Waals surface area contributed by atoms with Crippen molar-refractivity contribution in [3.8, 4) is 0 Å². The van der Waals surface area contributed by atoms with E-state index in [0.29, 0.717) is 24.5 Å². The third-order valence-corrected chi connectivity index (χ3v) is 4.64. The monoisotopic (exact) mass is 425 g/mol. The van der Waals surface area contributed by atoms with Crippen LogP contribution < -0.4 is 21.7 Å². The summed E-state index contributed by atoms with van der Waals surface area (Å²) in [4.78, 5) is 28.6. The minimum absolute atomic E-state index is 0.0921. The summed E-state index contributed by atoms with van der Waals surface area (Å²) in [6.07, 6.45) is 7.51. The number of hydrogen-bond donors (Lipinski definition) is 4. The van der Waals surface area contributed by atoms with Crippen LogP contribution in [-0.2, 0) is 0 Å². The van der Waals surface area contributed by atoms with Gasteiger partial charge in [0.15, 0.2) is 5.82 Å². The van der Waals surface area contributed by atoms with Gasteiger partial charge >= 0.3 is 6.03 Å². The lowest BCUT2D eigenvalue weighted by molar-refractivity contribution is 0.250. The molecule has 10 heteroatoms. The molecule has 1 aromatic heterocycles. The van der Waals surface area contributed by atoms with E-state index in [2.05, 4.69) is 30.1 Å². The first-order chi connectivity index (χ1) is 15.0. The van der Waals surface area contributed by atoms with E-state index in [0.717, 1.165) is 37.6 Å². The SMILES string of the molecule is CCNC(=O)/N=C(N)/C=C(\C=N)CN1CCN(c2ccc(N=C/C=C\N)nc2C)CC1. The normalized spacial score (nSPS) is 16.3. The number of urea groups is 1. The largest absolute Gasteiger partial charge is 0.405 e. The first-order valence-electron chi connectivity index (χ1n) is 10.2. The fourth-order valence-corrected chi connectivity index (χ4v) is 3.18. The Kier molecular flexibility index (Phi) is 9.37. The van der Waals surface area contributed by atoms with Gasteiger partial charge in [-0.2, -0.15) is 4.99 Å². The highest BCUT2D eigenvalue weighted by Crippen LogP contribution is 2.23. The number of rotatable bonds is 8. The smallest absolute Gasteiger partial charge is 0.342 e. The molecular formula is C21H31N9O. The van der Waals surface area contributed by atoms with Gasteiger partial charge in [-0.3, -0.25) is 4.90 Å². The lowest BCUT2D eigenvalue weighted by Crippen LogP contribution is -2.47. The zero-order chi connectivity index (χ0) is 22.6. The summed E-state index contributed by atoms with van der Waals surface area (Å²) in [6.45, 7) is 8.19. The Balaban J connectivity index is 1.95. The molecule has 0 aliphatic carbocycles. The van der Waals surface area contributed by atoms with Crippen LogP contribution in [0.5, 0.6) is 0 Å². The van der Waals surface area contributed by atoms with Crippen molar-refractivity contribution >= 4 is 35.8 Å². The molecule has 2 rings (SSSR count). The third-order valence-electron chi connectivity index (χ3n) is 4.64. The highest BCUT2D eigenvalue weighted by molar-refractivity contribution is 6.02. The summed E-state index contributed by atoms with van der Waals surface area (Å²) in [6, 6.07) is 3.45. The van der Waals surface area contributed by atoms with Crippen molar-refractivity contribution in [1.29, 1.82) is 5.41 Å². The van der Waals surface area contributed by atoms with Crippen LogP contribution in [0.25, 0.3) is 0 Å². The quantitative estimate of drug-likeness (QED) is 0.365. The van der Waals surface area contributed by atoms with E-state index in [1.165, 1.54) is 12.4 Å². The van der Waals surface area contributed by atoms with E-state index < -0.39 is 6.03 Å². The van der Waals surface area contributed by atoms with E-state index >= 15 is 0 Å². The van der Waals surface area contributed by atoms with Crippen molar-refractivity contribution in [2.75, 3.05) is 44.2 Å². The number of aliphatic imine (C=N–C) groups is 2. The topological polar surface area (TPSA) is 149 Å². The summed E-state index contributed by atoms with van der Waals surface area (Å²) < 4.78 is 0. The van der Waals surface area contributed by atoms with Crippen molar-refractivity contribution in [2.45, 2.75) is 13.8 Å². The number of aryl methyl sites for hydroxylation is 1. The lowest BCUT2D eigenvalue weighted by atomic mass is 10.2. The molecule has 31 heavy (non-hydrogen) atoms. The first kappa shape index (κ1) is 23.7. The van der Waals surface area contributed by atoms with Crippen LogP contribution >= 0.6 is 0 Å². The Morgan fingerprint density at radius 2 is 2.06 bits per heavy atom. The highest BCUT2D eigenvalue weighted by atomic mass is 16.2. The van der Waals surface area contributed by atoms with Crippen LogP contribution in [0.2, 0.25) is 0 Å². The molecule has 10 nitrogen and oxygen atoms in total. The number of piperazine rings is 1. The molecule has 0 radical (unpaired) electrons. The molecule has 0 bridgehead atoms. The van der Waals surface area contributed by atoms with E-state index in [-0.39, 0.29) is 5.84 Å². The van der Waals surface area contributed by atoms with Crippen LogP contribution in [0.1, 0.15) is 12.6 Å². The van der Waals surface area contributed by atoms with Crippen molar-refractivity contribution in [3.05, 3.63) is 41.8 Å². The second-order valence-electron chi connectivity index (χ2n) is 6.94. The minimum Gasteiger partial charge on any atom is -0.405 e. The van der Waals surface area contributed by atoms with Gasteiger partial charge in [-0.25, -0.2) is 14.8 Å². The number of allylic oxidation sites excluding steroid dienone is 1. The Morgan fingerprint density at radius 1 is 1.32 bits per heavy atom. The van der Waals surface area contributed by atoms with Gasteiger partial charge in [-0.15, -0.1) is 0 Å².